The summed E-state index contributed by atoms with van der Waals surface area (Å²) in [5, 5.41) is 5.42. The molecule has 2 N–H and O–H groups in total. The Bertz CT molecular complexity index is 856. The van der Waals surface area contributed by atoms with Crippen LogP contribution in [0.4, 0.5) is 5.82 Å². The smallest absolute Gasteiger partial charge is 0.246 e. The molecule has 28 heavy (non-hydrogen) atoms. The fourth-order valence-corrected chi connectivity index (χ4v) is 3.66. The molecule has 0 radical (unpaired) electrons. The Kier molecular flexibility index (Phi) is 6.28. The highest BCUT2D eigenvalue weighted by molar-refractivity contribution is 5.89. The number of rotatable bonds is 5. The fourth-order valence-electron chi connectivity index (χ4n) is 3.66. The number of hydrogen-bond donors (Lipinski definition) is 1. The highest BCUT2D eigenvalue weighted by atomic mass is 16.2. The zero-order chi connectivity index (χ0) is 20.3. The minimum absolute atomic E-state index is 0.0685. The van der Waals surface area contributed by atoms with Crippen molar-refractivity contribution in [3.63, 3.8) is 0 Å². The van der Waals surface area contributed by atoms with Gasteiger partial charge in [-0.15, -0.1) is 0 Å². The normalized spacial score (nSPS) is 19.5. The number of likely N-dealkylation sites (tertiary alicyclic amines) is 1. The highest BCUT2D eigenvalue weighted by Crippen LogP contribution is 2.28. The third-order valence-corrected chi connectivity index (χ3v) is 5.34. The van der Waals surface area contributed by atoms with E-state index in [4.69, 9.17) is 5.73 Å². The highest BCUT2D eigenvalue weighted by Gasteiger charge is 2.29. The third-order valence-electron chi connectivity index (χ3n) is 5.34. The summed E-state index contributed by atoms with van der Waals surface area (Å²) in [5.41, 5.74) is 7.54. The van der Waals surface area contributed by atoms with Gasteiger partial charge in [0, 0.05) is 31.8 Å². The molecule has 1 saturated carbocycles. The van der Waals surface area contributed by atoms with Crippen LogP contribution in [0.2, 0.25) is 0 Å². The largest absolute Gasteiger partial charge is 0.383 e. The van der Waals surface area contributed by atoms with Crippen LogP contribution in [0.5, 0.6) is 0 Å². The Morgan fingerprint density at radius 2 is 2.07 bits per heavy atom. The van der Waals surface area contributed by atoms with Gasteiger partial charge in [0.2, 0.25) is 5.91 Å². The molecular weight excluding hydrogens is 354 g/mol. The predicted molar refractivity (Wildman–Crippen MR) is 111 cm³/mol. The second-order valence-corrected chi connectivity index (χ2v) is 7.29. The van der Waals surface area contributed by atoms with Crippen molar-refractivity contribution in [3.8, 4) is 0 Å². The number of likely N-dealkylation sites (N-methyl/N-ethyl adjacent to an activating group) is 1. The van der Waals surface area contributed by atoms with Crippen LogP contribution in [0.1, 0.15) is 44.8 Å². The van der Waals surface area contributed by atoms with Gasteiger partial charge in [-0.3, -0.25) is 9.69 Å². The summed E-state index contributed by atoms with van der Waals surface area (Å²) in [6, 6.07) is 0.823. The topological polar surface area (TPSA) is 93.2 Å². The second-order valence-electron chi connectivity index (χ2n) is 7.29. The molecule has 152 valence electrons. The predicted octanol–water partition coefficient (Wildman–Crippen LogP) is 2.17. The van der Waals surface area contributed by atoms with Gasteiger partial charge in [-0.05, 0) is 33.2 Å². The first-order valence-corrected chi connectivity index (χ1v) is 10.2. The molecule has 8 nitrogen and oxygen atoms in total. The molecule has 1 amide bonds. The number of anilines is 1. The maximum Gasteiger partial charge on any atom is 0.246 e. The van der Waals surface area contributed by atoms with E-state index in [2.05, 4.69) is 27.0 Å². The van der Waals surface area contributed by atoms with Crippen molar-refractivity contribution < 1.29 is 4.79 Å². The van der Waals surface area contributed by atoms with E-state index in [1.165, 1.54) is 19.2 Å². The van der Waals surface area contributed by atoms with Crippen LogP contribution in [-0.2, 0) is 4.79 Å². The molecule has 0 bridgehead atoms. The standard InChI is InChI=1S/C18H25N7O.C2H6/c1-12-16-17(19)20-11-21-18(16)25(22-12)14-7-9-24(10-14)15(26)4-3-8-23(2)13-5-6-13;1-2/h3-4,11,13-14H,5-10H2,1-2H3,(H2,19,20,21);1-2H3/b4-3+;. The summed E-state index contributed by atoms with van der Waals surface area (Å²) in [5.74, 6) is 0.520. The number of nitrogens with two attached hydrogens (primary N) is 1. The first-order chi connectivity index (χ1) is 13.5. The zero-order valence-corrected chi connectivity index (χ0v) is 17.3. The van der Waals surface area contributed by atoms with E-state index >= 15 is 0 Å². The first kappa shape index (κ1) is 20.3. The molecule has 3 heterocycles. The van der Waals surface area contributed by atoms with E-state index < -0.39 is 0 Å². The van der Waals surface area contributed by atoms with Crippen molar-refractivity contribution in [1.29, 1.82) is 0 Å². The molecule has 2 aromatic heterocycles. The zero-order valence-electron chi connectivity index (χ0n) is 17.3. The average Bonchev–Trinajstić information content (AvgIpc) is 3.34. The molecule has 1 aliphatic heterocycles. The molecule has 2 aliphatic rings. The van der Waals surface area contributed by atoms with Gasteiger partial charge >= 0.3 is 0 Å². The van der Waals surface area contributed by atoms with Crippen molar-refractivity contribution in [1.82, 2.24) is 29.5 Å². The lowest BCUT2D eigenvalue weighted by atomic mass is 10.2. The number of hydrogen-bond acceptors (Lipinski definition) is 6. The van der Waals surface area contributed by atoms with Crippen LogP contribution < -0.4 is 5.73 Å². The van der Waals surface area contributed by atoms with Crippen molar-refractivity contribution >= 4 is 22.8 Å². The molecule has 0 aromatic carbocycles. The van der Waals surface area contributed by atoms with Gasteiger partial charge in [0.25, 0.3) is 0 Å². The molecule has 4 rings (SSSR count). The van der Waals surface area contributed by atoms with Gasteiger partial charge in [-0.25, -0.2) is 14.6 Å². The van der Waals surface area contributed by atoms with Crippen LogP contribution in [0.25, 0.3) is 11.0 Å². The van der Waals surface area contributed by atoms with Crippen molar-refractivity contribution in [2.75, 3.05) is 32.4 Å². The van der Waals surface area contributed by atoms with E-state index in [9.17, 15) is 4.79 Å². The Morgan fingerprint density at radius 3 is 2.79 bits per heavy atom. The van der Waals surface area contributed by atoms with E-state index in [1.54, 1.807) is 6.08 Å². The van der Waals surface area contributed by atoms with Crippen LogP contribution in [0.3, 0.4) is 0 Å². The Morgan fingerprint density at radius 1 is 1.32 bits per heavy atom. The number of fused-ring (bicyclic) bond motifs is 1. The van der Waals surface area contributed by atoms with Gasteiger partial charge in [0.15, 0.2) is 5.65 Å². The van der Waals surface area contributed by atoms with E-state index in [1.807, 2.05) is 36.4 Å². The maximum atomic E-state index is 12.5. The van der Waals surface area contributed by atoms with E-state index in [-0.39, 0.29) is 11.9 Å². The van der Waals surface area contributed by atoms with Crippen molar-refractivity contribution in [3.05, 3.63) is 24.2 Å². The van der Waals surface area contributed by atoms with Gasteiger partial charge in [-0.1, -0.05) is 19.9 Å². The molecule has 1 atom stereocenters. The minimum Gasteiger partial charge on any atom is -0.383 e. The monoisotopic (exact) mass is 385 g/mol. The fraction of sp³-hybridized carbons (Fsp3) is 0.600. The van der Waals surface area contributed by atoms with Crippen LogP contribution in [-0.4, -0.2) is 68.2 Å². The third kappa shape index (κ3) is 4.16. The molecule has 2 fully saturated rings. The molecule has 2 aromatic rings. The molecule has 8 heteroatoms. The van der Waals surface area contributed by atoms with E-state index in [0.717, 1.165) is 36.2 Å². The summed E-state index contributed by atoms with van der Waals surface area (Å²) >= 11 is 0. The quantitative estimate of drug-likeness (QED) is 0.793. The first-order valence-electron chi connectivity index (χ1n) is 10.2. The van der Waals surface area contributed by atoms with Gasteiger partial charge < -0.3 is 10.6 Å². The Hall–Kier alpha value is -2.48. The summed E-state index contributed by atoms with van der Waals surface area (Å²) in [7, 11) is 2.11. The Balaban J connectivity index is 0.00000109. The Labute approximate surface area is 166 Å². The number of nitrogens with zero attached hydrogens (tertiary/aromatic N) is 6. The lowest BCUT2D eigenvalue weighted by Gasteiger charge is -2.16. The minimum atomic E-state index is 0.0685. The SMILES string of the molecule is CC.Cc1nn(C2CCN(C(=O)/C=C/CN(C)C3CC3)C2)c2ncnc(N)c12. The van der Waals surface area contributed by atoms with Crippen LogP contribution in [0.15, 0.2) is 18.5 Å². The van der Waals surface area contributed by atoms with Gasteiger partial charge in [-0.2, -0.15) is 5.10 Å². The summed E-state index contributed by atoms with van der Waals surface area (Å²) in [6.45, 7) is 8.11. The second kappa shape index (κ2) is 8.68. The van der Waals surface area contributed by atoms with Crippen LogP contribution >= 0.6 is 0 Å². The average molecular weight is 386 g/mol. The lowest BCUT2D eigenvalue weighted by Crippen LogP contribution is -2.28. The maximum absolute atomic E-state index is 12.5. The molecular formula is C20H31N7O. The number of aryl methyl sites for hydroxylation is 1. The summed E-state index contributed by atoms with van der Waals surface area (Å²) in [6.07, 6.45) is 8.55. The summed E-state index contributed by atoms with van der Waals surface area (Å²) < 4.78 is 1.90. The van der Waals surface area contributed by atoms with Crippen LogP contribution in [0, 0.1) is 6.92 Å². The number of carbonyl (C=O) groups excluding carboxylic acids is 1. The van der Waals surface area contributed by atoms with E-state index in [0.29, 0.717) is 18.4 Å². The van der Waals surface area contributed by atoms with Crippen molar-refractivity contribution in [2.24, 2.45) is 0 Å². The number of aromatic nitrogens is 4. The lowest BCUT2D eigenvalue weighted by molar-refractivity contribution is -0.125. The molecule has 1 saturated heterocycles. The molecule has 1 unspecified atom stereocenters. The van der Waals surface area contributed by atoms with Gasteiger partial charge in [0.1, 0.15) is 12.1 Å². The van der Waals surface area contributed by atoms with Crippen molar-refractivity contribution in [2.45, 2.75) is 52.1 Å². The number of amides is 1. The number of nitrogen functional groups attached to an aromatic ring is 1. The van der Waals surface area contributed by atoms with Gasteiger partial charge in [0.05, 0.1) is 17.1 Å². The number of carbonyl (C=O) groups is 1. The molecule has 0 spiro atoms. The summed E-state index contributed by atoms with van der Waals surface area (Å²) in [4.78, 5) is 25.0. The molecule has 1 aliphatic carbocycles.